The molecular formula is C35H35F3N4O2. The number of alkyl halides is 3. The molecule has 0 N–H and O–H groups in total. The first kappa shape index (κ1) is 29.7. The monoisotopic (exact) mass is 600 g/mol. The third-order valence-corrected chi connectivity index (χ3v) is 8.60. The van der Waals surface area contributed by atoms with Crippen molar-refractivity contribution >= 4 is 5.69 Å². The smallest absolute Gasteiger partial charge is 0.434 e. The van der Waals surface area contributed by atoms with Crippen LogP contribution >= 0.6 is 0 Å². The molecule has 0 bridgehead atoms. The highest BCUT2D eigenvalue weighted by atomic mass is 19.4. The molecule has 1 fully saturated rings. The number of rotatable bonds is 8. The molecule has 1 saturated carbocycles. The summed E-state index contributed by atoms with van der Waals surface area (Å²) < 4.78 is 54.2. The largest absolute Gasteiger partial charge is 0.496 e. The molecule has 0 unspecified atom stereocenters. The van der Waals surface area contributed by atoms with Gasteiger partial charge in [0.25, 0.3) is 0 Å². The molecule has 0 saturated heterocycles. The first-order valence-electron chi connectivity index (χ1n) is 15.1. The van der Waals surface area contributed by atoms with Gasteiger partial charge in [0.2, 0.25) is 11.6 Å². The molecule has 0 spiro atoms. The number of hydrogen-bond donors (Lipinski definition) is 0. The number of ether oxygens (including phenoxy) is 2. The van der Waals surface area contributed by atoms with Crippen LogP contribution in [-0.2, 0) is 19.0 Å². The third kappa shape index (κ3) is 5.54. The standard InChI is InChI=1S/C35H35F3N4O2/c1-20(2)42-19-29(35(36,37)38)40-33(42)24-17-13-22(14-18-24)21(3)44-34-27-10-7-6-9-26(27)31(39-4)32(41-34)30-25(23-15-16-23)11-8-12-28(30)43-5/h8,11-14,17-21,23H,6-7,9-10,15-16H2,1-3,5H3/t21-/m0/s1. The Morgan fingerprint density at radius 2 is 1.68 bits per heavy atom. The van der Waals surface area contributed by atoms with Gasteiger partial charge >= 0.3 is 6.18 Å². The van der Waals surface area contributed by atoms with Crippen LogP contribution < -0.4 is 9.47 Å². The van der Waals surface area contributed by atoms with Gasteiger partial charge in [-0.05, 0) is 81.5 Å². The maximum atomic E-state index is 13.4. The number of fused-ring (bicyclic) bond motifs is 1. The van der Waals surface area contributed by atoms with Crippen molar-refractivity contribution in [1.82, 2.24) is 14.5 Å². The lowest BCUT2D eigenvalue weighted by molar-refractivity contribution is -0.140. The maximum Gasteiger partial charge on any atom is 0.434 e. The van der Waals surface area contributed by atoms with E-state index in [1.54, 1.807) is 23.8 Å². The molecule has 0 aliphatic heterocycles. The Bertz CT molecular complexity index is 1730. The topological polar surface area (TPSA) is 53.5 Å². The fourth-order valence-corrected chi connectivity index (χ4v) is 6.14. The second-order valence-electron chi connectivity index (χ2n) is 11.9. The van der Waals surface area contributed by atoms with E-state index in [0.29, 0.717) is 34.5 Å². The zero-order valence-electron chi connectivity index (χ0n) is 25.3. The molecule has 228 valence electrons. The van der Waals surface area contributed by atoms with Crippen LogP contribution in [0.4, 0.5) is 18.9 Å². The summed E-state index contributed by atoms with van der Waals surface area (Å²) in [5.41, 5.74) is 5.74. The van der Waals surface area contributed by atoms with E-state index < -0.39 is 18.0 Å². The summed E-state index contributed by atoms with van der Waals surface area (Å²) in [7, 11) is 1.64. The number of hydrogen-bond acceptors (Lipinski definition) is 4. The van der Waals surface area contributed by atoms with E-state index >= 15 is 0 Å². The van der Waals surface area contributed by atoms with Gasteiger partial charge in [-0.3, -0.25) is 0 Å². The normalized spacial score (nSPS) is 15.5. The summed E-state index contributed by atoms with van der Waals surface area (Å²) in [6.45, 7) is 13.7. The molecule has 6 rings (SSSR count). The first-order chi connectivity index (χ1) is 21.1. The van der Waals surface area contributed by atoms with Gasteiger partial charge in [-0.25, -0.2) is 14.8 Å². The van der Waals surface area contributed by atoms with Crippen molar-refractivity contribution in [3.05, 3.63) is 88.0 Å². The lowest BCUT2D eigenvalue weighted by Gasteiger charge is -2.25. The maximum absolute atomic E-state index is 13.4. The van der Waals surface area contributed by atoms with E-state index in [4.69, 9.17) is 21.0 Å². The minimum atomic E-state index is -4.52. The van der Waals surface area contributed by atoms with Crippen molar-refractivity contribution in [2.45, 2.75) is 83.5 Å². The molecule has 2 aromatic heterocycles. The molecule has 2 aromatic carbocycles. The van der Waals surface area contributed by atoms with E-state index in [1.807, 2.05) is 45.0 Å². The molecule has 2 aliphatic rings. The van der Waals surface area contributed by atoms with Crippen LogP contribution in [0, 0.1) is 6.57 Å². The van der Waals surface area contributed by atoms with Gasteiger partial charge in [0, 0.05) is 28.9 Å². The minimum absolute atomic E-state index is 0.191. The van der Waals surface area contributed by atoms with Gasteiger partial charge in [-0.15, -0.1) is 0 Å². The van der Waals surface area contributed by atoms with Gasteiger partial charge in [0.15, 0.2) is 5.69 Å². The fourth-order valence-electron chi connectivity index (χ4n) is 6.14. The summed E-state index contributed by atoms with van der Waals surface area (Å²) in [4.78, 5) is 13.0. The highest BCUT2D eigenvalue weighted by Crippen LogP contribution is 2.51. The summed E-state index contributed by atoms with van der Waals surface area (Å²) in [6.07, 6.45) is 1.92. The molecule has 6 nitrogen and oxygen atoms in total. The van der Waals surface area contributed by atoms with Crippen molar-refractivity contribution in [3.63, 3.8) is 0 Å². The molecule has 1 atom stereocenters. The van der Waals surface area contributed by atoms with E-state index in [9.17, 15) is 13.2 Å². The van der Waals surface area contributed by atoms with E-state index in [2.05, 4.69) is 15.9 Å². The Balaban J connectivity index is 1.37. The number of halogens is 3. The van der Waals surface area contributed by atoms with E-state index in [0.717, 1.165) is 72.5 Å². The van der Waals surface area contributed by atoms with Crippen LogP contribution in [0.15, 0.2) is 48.7 Å². The zero-order valence-corrected chi connectivity index (χ0v) is 25.3. The van der Waals surface area contributed by atoms with Gasteiger partial charge in [-0.1, -0.05) is 42.8 Å². The Labute approximate surface area is 255 Å². The van der Waals surface area contributed by atoms with Gasteiger partial charge in [0.1, 0.15) is 17.7 Å². The Morgan fingerprint density at radius 3 is 2.30 bits per heavy atom. The number of benzene rings is 2. The average molecular weight is 601 g/mol. The van der Waals surface area contributed by atoms with Crippen molar-refractivity contribution in [1.29, 1.82) is 0 Å². The minimum Gasteiger partial charge on any atom is -0.496 e. The molecule has 2 aliphatic carbocycles. The van der Waals surface area contributed by atoms with Crippen LogP contribution in [0.25, 0.3) is 27.5 Å². The quantitative estimate of drug-likeness (QED) is 0.189. The first-order valence-corrected chi connectivity index (χ1v) is 15.1. The molecule has 4 aromatic rings. The van der Waals surface area contributed by atoms with Crippen LogP contribution in [0.2, 0.25) is 0 Å². The highest BCUT2D eigenvalue weighted by Gasteiger charge is 2.35. The average Bonchev–Trinajstić information content (AvgIpc) is 3.76. The number of aromatic nitrogens is 3. The SMILES string of the molecule is [C-]#[N+]c1c(-c2c(OC)cccc2C2CC2)nc(O[C@@H](C)c2ccc(-c3nc(C(F)(F)F)cn3C(C)C)cc2)c2c1CCCC2. The third-order valence-electron chi connectivity index (χ3n) is 8.60. The van der Waals surface area contributed by atoms with Crippen molar-refractivity contribution in [2.75, 3.05) is 7.11 Å². The summed E-state index contributed by atoms with van der Waals surface area (Å²) in [6, 6.07) is 13.1. The van der Waals surface area contributed by atoms with Crippen LogP contribution in [0.3, 0.4) is 0 Å². The number of nitrogens with zero attached hydrogens (tertiary/aromatic N) is 4. The molecular weight excluding hydrogens is 565 g/mol. The van der Waals surface area contributed by atoms with Crippen LogP contribution in [0.1, 0.15) is 92.5 Å². The Kier molecular flexibility index (Phi) is 7.87. The molecule has 0 amide bonds. The second kappa shape index (κ2) is 11.6. The predicted octanol–water partition coefficient (Wildman–Crippen LogP) is 9.67. The zero-order chi connectivity index (χ0) is 31.2. The van der Waals surface area contributed by atoms with E-state index in [1.165, 1.54) is 0 Å². The lowest BCUT2D eigenvalue weighted by Crippen LogP contribution is -2.12. The number of imidazole rings is 1. The second-order valence-corrected chi connectivity index (χ2v) is 11.9. The number of pyridine rings is 1. The van der Waals surface area contributed by atoms with Crippen LogP contribution in [-0.4, -0.2) is 21.6 Å². The molecule has 44 heavy (non-hydrogen) atoms. The van der Waals surface area contributed by atoms with Crippen molar-refractivity contribution in [2.24, 2.45) is 0 Å². The van der Waals surface area contributed by atoms with Gasteiger partial charge in [0.05, 0.1) is 19.4 Å². The fraction of sp³-hybridized carbons (Fsp3) is 0.400. The van der Waals surface area contributed by atoms with Crippen molar-refractivity contribution in [3.8, 4) is 34.3 Å². The molecule has 2 heterocycles. The summed E-state index contributed by atoms with van der Waals surface area (Å²) in [5.74, 6) is 1.92. The number of methoxy groups -OCH3 is 1. The van der Waals surface area contributed by atoms with E-state index in [-0.39, 0.29) is 11.9 Å². The Morgan fingerprint density at radius 1 is 0.977 bits per heavy atom. The van der Waals surface area contributed by atoms with Crippen molar-refractivity contribution < 1.29 is 22.6 Å². The Hall–Kier alpha value is -4.32. The molecule has 9 heteroatoms. The molecule has 0 radical (unpaired) electrons. The van der Waals surface area contributed by atoms with Gasteiger partial charge < -0.3 is 14.0 Å². The predicted molar refractivity (Wildman–Crippen MR) is 163 cm³/mol. The van der Waals surface area contributed by atoms with Gasteiger partial charge in [-0.2, -0.15) is 13.2 Å². The summed E-state index contributed by atoms with van der Waals surface area (Å²) >= 11 is 0. The van der Waals surface area contributed by atoms with Crippen LogP contribution in [0.5, 0.6) is 11.6 Å². The lowest BCUT2D eigenvalue weighted by atomic mass is 9.88. The summed E-state index contributed by atoms with van der Waals surface area (Å²) in [5, 5.41) is 0. The highest BCUT2D eigenvalue weighted by molar-refractivity contribution is 5.85.